The lowest BCUT2D eigenvalue weighted by molar-refractivity contribution is -0.128. The lowest BCUT2D eigenvalue weighted by atomic mass is 9.94. The molecule has 1 N–H and O–H groups in total. The van der Waals surface area contributed by atoms with Crippen LogP contribution in [0.1, 0.15) is 32.4 Å². The van der Waals surface area contributed by atoms with Gasteiger partial charge in [0.15, 0.2) is 0 Å². The molecule has 1 rings (SSSR count). The lowest BCUT2D eigenvalue weighted by Crippen LogP contribution is -2.36. The number of hydrogen-bond acceptors (Lipinski definition) is 2. The first-order valence-corrected chi connectivity index (χ1v) is 5.68. The minimum atomic E-state index is -0.640. The van der Waals surface area contributed by atoms with Gasteiger partial charge in [0.2, 0.25) is 5.91 Å². The van der Waals surface area contributed by atoms with E-state index in [4.69, 9.17) is 16.9 Å². The van der Waals surface area contributed by atoms with Crippen molar-refractivity contribution in [3.63, 3.8) is 0 Å². The summed E-state index contributed by atoms with van der Waals surface area (Å²) in [6.07, 6.45) is 0. The fourth-order valence-corrected chi connectivity index (χ4v) is 1.32. The number of rotatable bonds is 2. The minimum Gasteiger partial charge on any atom is -0.336 e. The Morgan fingerprint density at radius 2 is 1.88 bits per heavy atom. The van der Waals surface area contributed by atoms with Crippen LogP contribution >= 0.6 is 11.6 Å². The number of nitrogens with zero attached hydrogens (tertiary/aromatic N) is 1. The number of amides is 1. The van der Waals surface area contributed by atoms with E-state index < -0.39 is 11.5 Å². The normalized spacial score (nSPS) is 12.6. The van der Waals surface area contributed by atoms with Crippen molar-refractivity contribution in [2.24, 2.45) is 5.41 Å². The largest absolute Gasteiger partial charge is 0.336 e. The molecule has 1 aromatic carbocycles. The van der Waals surface area contributed by atoms with Gasteiger partial charge in [-0.1, -0.05) is 44.5 Å². The van der Waals surface area contributed by atoms with Crippen LogP contribution in [0.2, 0.25) is 5.02 Å². The highest BCUT2D eigenvalue weighted by atomic mass is 35.5. The van der Waals surface area contributed by atoms with Crippen molar-refractivity contribution in [3.05, 3.63) is 34.9 Å². The smallest absolute Gasteiger partial charge is 0.226 e. The summed E-state index contributed by atoms with van der Waals surface area (Å²) < 4.78 is 0. The number of carbonyl (C=O) groups excluding carboxylic acids is 1. The van der Waals surface area contributed by atoms with Crippen molar-refractivity contribution in [1.82, 2.24) is 5.32 Å². The Balaban J connectivity index is 2.84. The van der Waals surface area contributed by atoms with Crippen LogP contribution in [-0.4, -0.2) is 5.91 Å². The maximum absolute atomic E-state index is 11.8. The number of halogens is 1. The van der Waals surface area contributed by atoms with Gasteiger partial charge in [-0.15, -0.1) is 0 Å². The topological polar surface area (TPSA) is 52.9 Å². The molecular weight excluding hydrogens is 236 g/mol. The molecule has 3 nitrogen and oxygen atoms in total. The molecule has 0 radical (unpaired) electrons. The van der Waals surface area contributed by atoms with Gasteiger partial charge in [-0.25, -0.2) is 0 Å². The molecule has 0 fully saturated rings. The maximum Gasteiger partial charge on any atom is 0.226 e. The molecular formula is C13H15ClN2O. The predicted molar refractivity (Wildman–Crippen MR) is 67.4 cm³/mol. The van der Waals surface area contributed by atoms with E-state index in [0.29, 0.717) is 5.02 Å². The van der Waals surface area contributed by atoms with Gasteiger partial charge in [0.05, 0.1) is 6.07 Å². The molecule has 0 saturated heterocycles. The molecule has 1 amide bonds. The van der Waals surface area contributed by atoms with Gasteiger partial charge in [0, 0.05) is 10.4 Å². The Hall–Kier alpha value is -1.53. The summed E-state index contributed by atoms with van der Waals surface area (Å²) in [7, 11) is 0. The molecule has 90 valence electrons. The van der Waals surface area contributed by atoms with Gasteiger partial charge >= 0.3 is 0 Å². The van der Waals surface area contributed by atoms with Crippen molar-refractivity contribution in [3.8, 4) is 6.07 Å². The van der Waals surface area contributed by atoms with Crippen LogP contribution in [0.4, 0.5) is 0 Å². The standard InChI is InChI=1S/C13H15ClN2O/c1-13(2,3)12(17)16-11(8-15)9-4-6-10(14)7-5-9/h4-7,11H,1-3H3,(H,16,17). The highest BCUT2D eigenvalue weighted by Crippen LogP contribution is 2.19. The van der Waals surface area contributed by atoms with E-state index in [2.05, 4.69) is 11.4 Å². The lowest BCUT2D eigenvalue weighted by Gasteiger charge is -2.20. The number of nitriles is 1. The van der Waals surface area contributed by atoms with Gasteiger partial charge in [-0.3, -0.25) is 4.79 Å². The van der Waals surface area contributed by atoms with Gasteiger partial charge in [-0.05, 0) is 17.7 Å². The van der Waals surface area contributed by atoms with Crippen molar-refractivity contribution in [2.75, 3.05) is 0 Å². The van der Waals surface area contributed by atoms with E-state index in [1.54, 1.807) is 45.0 Å². The molecule has 1 atom stereocenters. The van der Waals surface area contributed by atoms with Crippen LogP contribution < -0.4 is 5.32 Å². The van der Waals surface area contributed by atoms with Crippen LogP contribution in [0, 0.1) is 16.7 Å². The predicted octanol–water partition coefficient (Wildman–Crippen LogP) is 3.07. The number of benzene rings is 1. The Morgan fingerprint density at radius 3 is 2.29 bits per heavy atom. The first-order chi connectivity index (χ1) is 7.84. The zero-order valence-corrected chi connectivity index (χ0v) is 10.9. The van der Waals surface area contributed by atoms with Crippen LogP contribution in [0.15, 0.2) is 24.3 Å². The number of nitrogens with one attached hydrogen (secondary N) is 1. The fraction of sp³-hybridized carbons (Fsp3) is 0.385. The quantitative estimate of drug-likeness (QED) is 0.877. The number of hydrogen-bond donors (Lipinski definition) is 1. The molecule has 0 aliphatic heterocycles. The zero-order valence-electron chi connectivity index (χ0n) is 10.1. The third kappa shape index (κ3) is 3.76. The van der Waals surface area contributed by atoms with E-state index in [0.717, 1.165) is 5.56 Å². The first kappa shape index (κ1) is 13.5. The molecule has 0 aliphatic rings. The van der Waals surface area contributed by atoms with E-state index in [-0.39, 0.29) is 5.91 Å². The summed E-state index contributed by atoms with van der Waals surface area (Å²) in [5, 5.41) is 12.4. The SMILES string of the molecule is CC(C)(C)C(=O)NC(C#N)c1ccc(Cl)cc1. The van der Waals surface area contributed by atoms with Crippen LogP contribution in [-0.2, 0) is 4.79 Å². The number of carbonyl (C=O) groups is 1. The third-order valence-corrected chi connectivity index (χ3v) is 2.54. The summed E-state index contributed by atoms with van der Waals surface area (Å²) in [6.45, 7) is 5.41. The molecule has 0 saturated carbocycles. The molecule has 0 spiro atoms. The fourth-order valence-electron chi connectivity index (χ4n) is 1.19. The second-order valence-electron chi connectivity index (χ2n) is 4.84. The molecule has 17 heavy (non-hydrogen) atoms. The third-order valence-electron chi connectivity index (χ3n) is 2.29. The Labute approximate surface area is 106 Å². The van der Waals surface area contributed by atoms with E-state index in [9.17, 15) is 4.79 Å². The van der Waals surface area contributed by atoms with Gasteiger partial charge in [0.1, 0.15) is 6.04 Å². The first-order valence-electron chi connectivity index (χ1n) is 5.30. The minimum absolute atomic E-state index is 0.154. The summed E-state index contributed by atoms with van der Waals surface area (Å²) >= 11 is 5.77. The summed E-state index contributed by atoms with van der Waals surface area (Å²) in [5.74, 6) is -0.154. The zero-order chi connectivity index (χ0) is 13.1. The maximum atomic E-state index is 11.8. The van der Waals surface area contributed by atoms with E-state index in [1.165, 1.54) is 0 Å². The Bertz CT molecular complexity index is 440. The van der Waals surface area contributed by atoms with Gasteiger partial charge < -0.3 is 5.32 Å². The van der Waals surface area contributed by atoms with Crippen LogP contribution in [0.25, 0.3) is 0 Å². The van der Waals surface area contributed by atoms with E-state index in [1.807, 2.05) is 0 Å². The molecule has 4 heteroatoms. The van der Waals surface area contributed by atoms with Crippen molar-refractivity contribution < 1.29 is 4.79 Å². The van der Waals surface area contributed by atoms with E-state index >= 15 is 0 Å². The van der Waals surface area contributed by atoms with Crippen molar-refractivity contribution >= 4 is 17.5 Å². The van der Waals surface area contributed by atoms with Crippen LogP contribution in [0.3, 0.4) is 0 Å². The second kappa shape index (κ2) is 5.20. The average Bonchev–Trinajstić information content (AvgIpc) is 2.25. The summed E-state index contributed by atoms with van der Waals surface area (Å²) in [4.78, 5) is 11.8. The monoisotopic (exact) mass is 250 g/mol. The van der Waals surface area contributed by atoms with Crippen molar-refractivity contribution in [1.29, 1.82) is 5.26 Å². The highest BCUT2D eigenvalue weighted by molar-refractivity contribution is 6.30. The molecule has 0 heterocycles. The Morgan fingerprint density at radius 1 is 1.35 bits per heavy atom. The van der Waals surface area contributed by atoms with Crippen molar-refractivity contribution in [2.45, 2.75) is 26.8 Å². The highest BCUT2D eigenvalue weighted by Gasteiger charge is 2.24. The Kier molecular flexibility index (Phi) is 4.14. The molecule has 0 bridgehead atoms. The molecule has 1 unspecified atom stereocenters. The summed E-state index contributed by atoms with van der Waals surface area (Å²) in [6, 6.07) is 8.29. The second-order valence-corrected chi connectivity index (χ2v) is 5.27. The summed E-state index contributed by atoms with van der Waals surface area (Å²) in [5.41, 5.74) is 0.219. The molecule has 0 aliphatic carbocycles. The van der Waals surface area contributed by atoms with Gasteiger partial charge in [-0.2, -0.15) is 5.26 Å². The molecule has 0 aromatic heterocycles. The van der Waals surface area contributed by atoms with Gasteiger partial charge in [0.25, 0.3) is 0 Å². The molecule has 1 aromatic rings. The van der Waals surface area contributed by atoms with Crippen LogP contribution in [0.5, 0.6) is 0 Å². The average molecular weight is 251 g/mol.